The summed E-state index contributed by atoms with van der Waals surface area (Å²) in [5.74, 6) is 0. The van der Waals surface area contributed by atoms with E-state index in [1.807, 2.05) is 13.0 Å². The molecule has 90 valence electrons. The highest BCUT2D eigenvalue weighted by Crippen LogP contribution is 2.15. The zero-order valence-electron chi connectivity index (χ0n) is 9.69. The van der Waals surface area contributed by atoms with E-state index in [2.05, 4.69) is 4.72 Å². The summed E-state index contributed by atoms with van der Waals surface area (Å²) < 4.78 is 26.1. The third-order valence-electron chi connectivity index (χ3n) is 2.19. The molecule has 0 aliphatic rings. The second-order valence-electron chi connectivity index (χ2n) is 3.97. The first-order valence-electron chi connectivity index (χ1n) is 5.08. The first kappa shape index (κ1) is 13.2. The molecular weight excluding hydrogens is 226 g/mol. The van der Waals surface area contributed by atoms with Gasteiger partial charge in [0, 0.05) is 6.54 Å². The summed E-state index contributed by atoms with van der Waals surface area (Å²) in [5.41, 5.74) is 1.73. The molecule has 0 heterocycles. The maximum Gasteiger partial charge on any atom is 0.240 e. The molecule has 1 atom stereocenters. The second kappa shape index (κ2) is 4.95. The van der Waals surface area contributed by atoms with Crippen LogP contribution < -0.4 is 4.72 Å². The molecular formula is C11H17NO3S. The molecule has 0 aliphatic heterocycles. The fourth-order valence-electron chi connectivity index (χ4n) is 1.41. The number of aryl methyl sites for hydroxylation is 2. The van der Waals surface area contributed by atoms with Crippen LogP contribution in [0.4, 0.5) is 0 Å². The van der Waals surface area contributed by atoms with Crippen molar-refractivity contribution >= 4 is 10.0 Å². The number of benzene rings is 1. The van der Waals surface area contributed by atoms with Crippen molar-refractivity contribution in [2.75, 3.05) is 6.54 Å². The van der Waals surface area contributed by atoms with Gasteiger partial charge in [0.15, 0.2) is 0 Å². The molecule has 0 fully saturated rings. The summed E-state index contributed by atoms with van der Waals surface area (Å²) >= 11 is 0. The minimum atomic E-state index is -3.51. The lowest BCUT2D eigenvalue weighted by Crippen LogP contribution is -2.31. The molecule has 0 spiro atoms. The van der Waals surface area contributed by atoms with Crippen molar-refractivity contribution in [1.29, 1.82) is 0 Å². The fourth-order valence-corrected chi connectivity index (χ4v) is 2.76. The Morgan fingerprint density at radius 3 is 2.50 bits per heavy atom. The van der Waals surface area contributed by atoms with Crippen LogP contribution in [-0.2, 0) is 10.0 Å². The molecule has 16 heavy (non-hydrogen) atoms. The van der Waals surface area contributed by atoms with Gasteiger partial charge in [0.25, 0.3) is 0 Å². The van der Waals surface area contributed by atoms with Crippen molar-refractivity contribution in [3.8, 4) is 0 Å². The summed E-state index contributed by atoms with van der Waals surface area (Å²) in [7, 11) is -3.51. The van der Waals surface area contributed by atoms with Gasteiger partial charge in [-0.15, -0.1) is 0 Å². The summed E-state index contributed by atoms with van der Waals surface area (Å²) in [6.07, 6.45) is -0.694. The van der Waals surface area contributed by atoms with Gasteiger partial charge in [-0.25, -0.2) is 13.1 Å². The maximum absolute atomic E-state index is 11.8. The van der Waals surface area contributed by atoms with Crippen molar-refractivity contribution in [3.63, 3.8) is 0 Å². The molecule has 0 saturated heterocycles. The van der Waals surface area contributed by atoms with Crippen LogP contribution >= 0.6 is 0 Å². The molecule has 2 N–H and O–H groups in total. The minimum Gasteiger partial charge on any atom is -0.392 e. The Hall–Kier alpha value is -0.910. The first-order chi connectivity index (χ1) is 7.33. The Morgan fingerprint density at radius 2 is 2.00 bits per heavy atom. The molecule has 0 unspecified atom stereocenters. The van der Waals surface area contributed by atoms with Gasteiger partial charge in [0.1, 0.15) is 0 Å². The second-order valence-corrected chi connectivity index (χ2v) is 5.71. The topological polar surface area (TPSA) is 66.4 Å². The number of nitrogens with one attached hydrogen (secondary N) is 1. The zero-order valence-corrected chi connectivity index (χ0v) is 10.5. The molecule has 5 heteroatoms. The Kier molecular flexibility index (Phi) is 4.07. The number of aliphatic hydroxyl groups excluding tert-OH is 1. The van der Waals surface area contributed by atoms with Crippen molar-refractivity contribution < 1.29 is 13.5 Å². The van der Waals surface area contributed by atoms with Crippen LogP contribution in [0, 0.1) is 13.8 Å². The van der Waals surface area contributed by atoms with Gasteiger partial charge in [-0.2, -0.15) is 0 Å². The number of hydrogen-bond acceptors (Lipinski definition) is 3. The Bertz CT molecular complexity index is 466. The molecule has 0 aromatic heterocycles. The quantitative estimate of drug-likeness (QED) is 0.828. The molecule has 4 nitrogen and oxygen atoms in total. The van der Waals surface area contributed by atoms with E-state index < -0.39 is 16.1 Å². The molecule has 0 amide bonds. The van der Waals surface area contributed by atoms with Crippen LogP contribution in [0.15, 0.2) is 23.1 Å². The highest BCUT2D eigenvalue weighted by atomic mass is 32.2. The number of hydrogen-bond donors (Lipinski definition) is 2. The summed E-state index contributed by atoms with van der Waals surface area (Å²) in [4.78, 5) is 0.263. The largest absolute Gasteiger partial charge is 0.392 e. The lowest BCUT2D eigenvalue weighted by atomic mass is 10.2. The average molecular weight is 243 g/mol. The minimum absolute atomic E-state index is 0.0235. The van der Waals surface area contributed by atoms with Crippen LogP contribution in [-0.4, -0.2) is 26.2 Å². The summed E-state index contributed by atoms with van der Waals surface area (Å²) in [6.45, 7) is 5.22. The van der Waals surface area contributed by atoms with Crippen LogP contribution in [0.25, 0.3) is 0 Å². The third kappa shape index (κ3) is 3.30. The maximum atomic E-state index is 11.8. The predicted molar refractivity (Wildman–Crippen MR) is 62.8 cm³/mol. The highest BCUT2D eigenvalue weighted by molar-refractivity contribution is 7.89. The molecule has 1 aromatic rings. The Labute approximate surface area is 96.4 Å². The van der Waals surface area contributed by atoms with Crippen molar-refractivity contribution in [2.24, 2.45) is 0 Å². The number of aliphatic hydroxyl groups is 1. The van der Waals surface area contributed by atoms with E-state index in [-0.39, 0.29) is 11.4 Å². The molecule has 1 aromatic carbocycles. The lowest BCUT2D eigenvalue weighted by Gasteiger charge is -2.10. The van der Waals surface area contributed by atoms with E-state index in [0.717, 1.165) is 5.56 Å². The van der Waals surface area contributed by atoms with Gasteiger partial charge in [0.05, 0.1) is 11.0 Å². The van der Waals surface area contributed by atoms with E-state index in [9.17, 15) is 8.42 Å². The molecule has 0 saturated carbocycles. The molecule has 0 radical (unpaired) electrons. The third-order valence-corrected chi connectivity index (χ3v) is 3.77. The lowest BCUT2D eigenvalue weighted by molar-refractivity contribution is 0.198. The van der Waals surface area contributed by atoms with Crippen LogP contribution in [0.2, 0.25) is 0 Å². The van der Waals surface area contributed by atoms with Gasteiger partial charge in [-0.1, -0.05) is 17.7 Å². The Balaban J connectivity index is 2.99. The van der Waals surface area contributed by atoms with Crippen LogP contribution in [0.5, 0.6) is 0 Å². The summed E-state index contributed by atoms with van der Waals surface area (Å²) in [5, 5.41) is 9.05. The SMILES string of the molecule is Cc1ccc(S(=O)(=O)NC[C@@H](C)O)c(C)c1. The van der Waals surface area contributed by atoms with Gasteiger partial charge in [0.2, 0.25) is 10.0 Å². The Morgan fingerprint density at radius 1 is 1.38 bits per heavy atom. The molecule has 1 rings (SSSR count). The van der Waals surface area contributed by atoms with Crippen molar-refractivity contribution in [1.82, 2.24) is 4.72 Å². The van der Waals surface area contributed by atoms with Gasteiger partial charge < -0.3 is 5.11 Å². The predicted octanol–water partition coefficient (Wildman–Crippen LogP) is 0.963. The van der Waals surface area contributed by atoms with Crippen molar-refractivity contribution in [2.45, 2.75) is 31.8 Å². The van der Waals surface area contributed by atoms with E-state index in [0.29, 0.717) is 5.56 Å². The average Bonchev–Trinajstić information content (AvgIpc) is 2.14. The number of rotatable bonds is 4. The fraction of sp³-hybridized carbons (Fsp3) is 0.455. The molecule has 0 aliphatic carbocycles. The van der Waals surface area contributed by atoms with E-state index >= 15 is 0 Å². The van der Waals surface area contributed by atoms with Crippen LogP contribution in [0.1, 0.15) is 18.1 Å². The van der Waals surface area contributed by atoms with Crippen LogP contribution in [0.3, 0.4) is 0 Å². The molecule has 0 bridgehead atoms. The monoisotopic (exact) mass is 243 g/mol. The first-order valence-corrected chi connectivity index (χ1v) is 6.56. The highest BCUT2D eigenvalue weighted by Gasteiger charge is 2.16. The van der Waals surface area contributed by atoms with Gasteiger partial charge in [-0.3, -0.25) is 0 Å². The normalized spacial score (nSPS) is 13.8. The summed E-state index contributed by atoms with van der Waals surface area (Å²) in [6, 6.07) is 5.15. The van der Waals surface area contributed by atoms with E-state index in [1.54, 1.807) is 19.1 Å². The van der Waals surface area contributed by atoms with E-state index in [4.69, 9.17) is 5.11 Å². The van der Waals surface area contributed by atoms with Gasteiger partial charge >= 0.3 is 0 Å². The smallest absolute Gasteiger partial charge is 0.240 e. The zero-order chi connectivity index (χ0) is 12.3. The number of sulfonamides is 1. The van der Waals surface area contributed by atoms with Gasteiger partial charge in [-0.05, 0) is 32.4 Å². The standard InChI is InChI=1S/C11H17NO3S/c1-8-4-5-11(9(2)6-8)16(14,15)12-7-10(3)13/h4-6,10,12-13H,7H2,1-3H3/t10-/m1/s1. The van der Waals surface area contributed by atoms with Crippen molar-refractivity contribution in [3.05, 3.63) is 29.3 Å². The van der Waals surface area contributed by atoms with E-state index in [1.165, 1.54) is 6.92 Å².